The van der Waals surface area contributed by atoms with Crippen molar-refractivity contribution in [2.75, 3.05) is 11.9 Å². The lowest BCUT2D eigenvalue weighted by molar-refractivity contribution is 0.0511. The number of alkyl carbamates (subject to hydrolysis) is 1. The van der Waals surface area contributed by atoms with Gasteiger partial charge in [0, 0.05) is 24.6 Å². The Labute approximate surface area is 142 Å². The highest BCUT2D eigenvalue weighted by molar-refractivity contribution is 5.89. The Bertz CT molecular complexity index is 563. The van der Waals surface area contributed by atoms with Crippen molar-refractivity contribution in [3.05, 3.63) is 24.5 Å². The van der Waals surface area contributed by atoms with E-state index < -0.39 is 17.2 Å². The van der Waals surface area contributed by atoms with Crippen LogP contribution < -0.4 is 16.0 Å². The van der Waals surface area contributed by atoms with E-state index in [0.717, 1.165) is 25.7 Å². The number of pyridine rings is 1. The molecule has 0 bridgehead atoms. The van der Waals surface area contributed by atoms with Crippen molar-refractivity contribution < 1.29 is 14.3 Å². The van der Waals surface area contributed by atoms with Gasteiger partial charge >= 0.3 is 12.1 Å². The zero-order valence-corrected chi connectivity index (χ0v) is 14.5. The van der Waals surface area contributed by atoms with E-state index in [-0.39, 0.29) is 6.03 Å². The van der Waals surface area contributed by atoms with E-state index in [1.165, 1.54) is 0 Å². The van der Waals surface area contributed by atoms with Gasteiger partial charge in [-0.1, -0.05) is 12.8 Å². The Kier molecular flexibility index (Phi) is 5.64. The standard InChI is InChI=1S/C17H26N4O3/c1-16(2,3)24-15(23)19-12-17(8-4-5-9-17)21-14(22)20-13-6-10-18-11-7-13/h6-7,10-11H,4-5,8-9,12H2,1-3H3,(H,19,23)(H2,18,20,21,22). The number of nitrogens with one attached hydrogen (secondary N) is 3. The molecule has 24 heavy (non-hydrogen) atoms. The maximum absolute atomic E-state index is 12.3. The van der Waals surface area contributed by atoms with Gasteiger partial charge in [0.2, 0.25) is 0 Å². The number of carbonyl (C=O) groups excluding carboxylic acids is 2. The summed E-state index contributed by atoms with van der Waals surface area (Å²) >= 11 is 0. The van der Waals surface area contributed by atoms with Crippen LogP contribution in [0, 0.1) is 0 Å². The first-order valence-electron chi connectivity index (χ1n) is 8.24. The van der Waals surface area contributed by atoms with Crippen molar-refractivity contribution >= 4 is 17.8 Å². The van der Waals surface area contributed by atoms with E-state index in [2.05, 4.69) is 20.9 Å². The number of aromatic nitrogens is 1. The van der Waals surface area contributed by atoms with Crippen molar-refractivity contribution in [1.29, 1.82) is 0 Å². The van der Waals surface area contributed by atoms with Crippen LogP contribution in [0.15, 0.2) is 24.5 Å². The summed E-state index contributed by atoms with van der Waals surface area (Å²) in [4.78, 5) is 28.0. The molecule has 132 valence electrons. The summed E-state index contributed by atoms with van der Waals surface area (Å²) in [5, 5.41) is 8.58. The molecule has 1 heterocycles. The number of nitrogens with zero attached hydrogens (tertiary/aromatic N) is 1. The summed E-state index contributed by atoms with van der Waals surface area (Å²) in [5.41, 5.74) is -0.302. The fraction of sp³-hybridized carbons (Fsp3) is 0.588. The quantitative estimate of drug-likeness (QED) is 0.789. The molecule has 0 aromatic carbocycles. The number of hydrogen-bond acceptors (Lipinski definition) is 4. The number of urea groups is 1. The first-order valence-corrected chi connectivity index (χ1v) is 8.24. The number of hydrogen-bond donors (Lipinski definition) is 3. The second-order valence-electron chi connectivity index (χ2n) is 7.16. The summed E-state index contributed by atoms with van der Waals surface area (Å²) in [6.07, 6.45) is 6.46. The minimum absolute atomic E-state index is 0.283. The highest BCUT2D eigenvalue weighted by Gasteiger charge is 2.36. The molecule has 0 aliphatic heterocycles. The Morgan fingerprint density at radius 2 is 1.83 bits per heavy atom. The first-order chi connectivity index (χ1) is 11.3. The Balaban J connectivity index is 1.90. The molecule has 0 saturated heterocycles. The Morgan fingerprint density at radius 1 is 1.21 bits per heavy atom. The molecule has 1 aromatic rings. The Hall–Kier alpha value is -2.31. The van der Waals surface area contributed by atoms with Gasteiger partial charge in [-0.05, 0) is 45.7 Å². The van der Waals surface area contributed by atoms with Gasteiger partial charge < -0.3 is 20.7 Å². The third kappa shape index (κ3) is 5.72. The second kappa shape index (κ2) is 7.51. The average Bonchev–Trinajstić information content (AvgIpc) is 2.93. The topological polar surface area (TPSA) is 92.4 Å². The third-order valence-corrected chi connectivity index (χ3v) is 3.85. The molecule has 1 aromatic heterocycles. The summed E-state index contributed by atoms with van der Waals surface area (Å²) in [6.45, 7) is 5.81. The highest BCUT2D eigenvalue weighted by atomic mass is 16.6. The van der Waals surface area contributed by atoms with Gasteiger partial charge in [0.15, 0.2) is 0 Å². The number of ether oxygens (including phenoxy) is 1. The molecule has 0 unspecified atom stereocenters. The summed E-state index contributed by atoms with van der Waals surface area (Å²) in [7, 11) is 0. The molecule has 7 heteroatoms. The maximum atomic E-state index is 12.3. The van der Waals surface area contributed by atoms with Gasteiger partial charge in [0.1, 0.15) is 5.60 Å². The van der Waals surface area contributed by atoms with E-state index in [4.69, 9.17) is 4.74 Å². The van der Waals surface area contributed by atoms with Crippen LogP contribution in [0.5, 0.6) is 0 Å². The van der Waals surface area contributed by atoms with Crippen molar-refractivity contribution in [1.82, 2.24) is 15.6 Å². The smallest absolute Gasteiger partial charge is 0.407 e. The molecule has 0 spiro atoms. The van der Waals surface area contributed by atoms with Gasteiger partial charge in [-0.2, -0.15) is 0 Å². The average molecular weight is 334 g/mol. The molecule has 1 saturated carbocycles. The van der Waals surface area contributed by atoms with E-state index in [0.29, 0.717) is 12.2 Å². The van der Waals surface area contributed by atoms with E-state index in [9.17, 15) is 9.59 Å². The Morgan fingerprint density at radius 3 is 2.42 bits per heavy atom. The van der Waals surface area contributed by atoms with Gasteiger partial charge in [-0.15, -0.1) is 0 Å². The number of carbonyl (C=O) groups is 2. The minimum atomic E-state index is -0.543. The lowest BCUT2D eigenvalue weighted by Gasteiger charge is -2.31. The number of rotatable bonds is 4. The van der Waals surface area contributed by atoms with Crippen LogP contribution in [-0.4, -0.2) is 34.8 Å². The van der Waals surface area contributed by atoms with Crippen molar-refractivity contribution in [2.45, 2.75) is 57.6 Å². The summed E-state index contributed by atoms with van der Waals surface area (Å²) in [6, 6.07) is 3.16. The van der Waals surface area contributed by atoms with E-state index >= 15 is 0 Å². The lowest BCUT2D eigenvalue weighted by Crippen LogP contribution is -2.55. The molecular formula is C17H26N4O3. The van der Waals surface area contributed by atoms with Crippen LogP contribution in [0.1, 0.15) is 46.5 Å². The molecule has 2 rings (SSSR count). The normalized spacial score (nSPS) is 16.3. The zero-order chi connectivity index (χ0) is 17.6. The highest BCUT2D eigenvalue weighted by Crippen LogP contribution is 2.29. The molecular weight excluding hydrogens is 308 g/mol. The monoisotopic (exact) mass is 334 g/mol. The van der Waals surface area contributed by atoms with E-state index in [1.54, 1.807) is 24.5 Å². The molecule has 1 fully saturated rings. The molecule has 1 aliphatic rings. The van der Waals surface area contributed by atoms with E-state index in [1.807, 2.05) is 20.8 Å². The largest absolute Gasteiger partial charge is 0.444 e. The molecule has 7 nitrogen and oxygen atoms in total. The molecule has 0 atom stereocenters. The molecule has 3 amide bonds. The van der Waals surface area contributed by atoms with Crippen LogP contribution in [-0.2, 0) is 4.74 Å². The van der Waals surface area contributed by atoms with Gasteiger partial charge in [0.05, 0.1) is 5.54 Å². The van der Waals surface area contributed by atoms with Crippen LogP contribution in [0.4, 0.5) is 15.3 Å². The molecule has 1 aliphatic carbocycles. The predicted molar refractivity (Wildman–Crippen MR) is 91.8 cm³/mol. The predicted octanol–water partition coefficient (Wildman–Crippen LogP) is 3.04. The van der Waals surface area contributed by atoms with Gasteiger partial charge in [0.25, 0.3) is 0 Å². The molecule has 3 N–H and O–H groups in total. The minimum Gasteiger partial charge on any atom is -0.444 e. The van der Waals surface area contributed by atoms with Crippen molar-refractivity contribution in [2.24, 2.45) is 0 Å². The number of anilines is 1. The third-order valence-electron chi connectivity index (χ3n) is 3.85. The summed E-state index contributed by atoms with van der Waals surface area (Å²) < 4.78 is 5.26. The van der Waals surface area contributed by atoms with Crippen LogP contribution in [0.3, 0.4) is 0 Å². The van der Waals surface area contributed by atoms with Crippen LogP contribution in [0.25, 0.3) is 0 Å². The molecule has 0 radical (unpaired) electrons. The van der Waals surface area contributed by atoms with Crippen molar-refractivity contribution in [3.63, 3.8) is 0 Å². The SMILES string of the molecule is CC(C)(C)OC(=O)NCC1(NC(=O)Nc2ccncc2)CCCC1. The first kappa shape index (κ1) is 18.0. The van der Waals surface area contributed by atoms with Gasteiger partial charge in [-0.3, -0.25) is 4.98 Å². The number of amides is 3. The van der Waals surface area contributed by atoms with Crippen LogP contribution >= 0.6 is 0 Å². The van der Waals surface area contributed by atoms with Crippen LogP contribution in [0.2, 0.25) is 0 Å². The second-order valence-corrected chi connectivity index (χ2v) is 7.16. The van der Waals surface area contributed by atoms with Gasteiger partial charge in [-0.25, -0.2) is 9.59 Å². The fourth-order valence-electron chi connectivity index (χ4n) is 2.79. The maximum Gasteiger partial charge on any atom is 0.407 e. The lowest BCUT2D eigenvalue weighted by atomic mass is 9.98. The van der Waals surface area contributed by atoms with Crippen molar-refractivity contribution in [3.8, 4) is 0 Å². The summed E-state index contributed by atoms with van der Waals surface area (Å²) in [5.74, 6) is 0. The fourth-order valence-corrected chi connectivity index (χ4v) is 2.79. The zero-order valence-electron chi connectivity index (χ0n) is 14.5.